The van der Waals surface area contributed by atoms with Crippen molar-refractivity contribution < 1.29 is 0 Å². The van der Waals surface area contributed by atoms with Crippen molar-refractivity contribution in [2.45, 2.75) is 58.9 Å². The third-order valence-electron chi connectivity index (χ3n) is 4.15. The van der Waals surface area contributed by atoms with Crippen LogP contribution in [0.1, 0.15) is 52.9 Å². The molecule has 0 unspecified atom stereocenters. The lowest BCUT2D eigenvalue weighted by molar-refractivity contribution is 0.528. The minimum atomic E-state index is 0.715. The molecule has 1 aromatic rings. The quantitative estimate of drug-likeness (QED) is 0.803. The topological polar surface area (TPSA) is 28.2 Å². The molecule has 1 heterocycles. The summed E-state index contributed by atoms with van der Waals surface area (Å²) in [4.78, 5) is 7.02. The minimum Gasteiger partial charge on any atom is -0.384 e. The largest absolute Gasteiger partial charge is 0.384 e. The lowest BCUT2D eigenvalue weighted by Crippen LogP contribution is -2.34. The summed E-state index contributed by atoms with van der Waals surface area (Å²) in [5.41, 5.74) is 2.42. The highest BCUT2D eigenvalue weighted by Gasteiger charge is 2.23. The summed E-state index contributed by atoms with van der Waals surface area (Å²) >= 11 is 0. The standard InChI is InChI=1S/C17H29N3/c1-4-19-15-11-17(13-18-12-15)20(10-9-14(2)3)16-7-5-6-8-16/h11-14,16,19H,4-10H2,1-3H3. The zero-order chi connectivity index (χ0) is 14.4. The maximum Gasteiger partial charge on any atom is 0.0575 e. The van der Waals surface area contributed by atoms with Crippen molar-refractivity contribution in [2.24, 2.45) is 5.92 Å². The second-order valence-corrected chi connectivity index (χ2v) is 6.28. The highest BCUT2D eigenvalue weighted by atomic mass is 15.2. The Labute approximate surface area is 123 Å². The van der Waals surface area contributed by atoms with Crippen LogP contribution in [0.15, 0.2) is 18.5 Å². The maximum absolute atomic E-state index is 4.42. The lowest BCUT2D eigenvalue weighted by Gasteiger charge is -2.32. The summed E-state index contributed by atoms with van der Waals surface area (Å²) in [6.45, 7) is 8.83. The number of rotatable bonds is 7. The first kappa shape index (κ1) is 15.1. The van der Waals surface area contributed by atoms with Gasteiger partial charge in [-0.1, -0.05) is 26.7 Å². The van der Waals surface area contributed by atoms with E-state index in [0.29, 0.717) is 6.04 Å². The second-order valence-electron chi connectivity index (χ2n) is 6.28. The molecule has 1 fully saturated rings. The lowest BCUT2D eigenvalue weighted by atomic mass is 10.1. The maximum atomic E-state index is 4.42. The molecule has 1 aliphatic carbocycles. The average molecular weight is 275 g/mol. The van der Waals surface area contributed by atoms with E-state index in [9.17, 15) is 0 Å². The van der Waals surface area contributed by atoms with Crippen LogP contribution in [-0.2, 0) is 0 Å². The van der Waals surface area contributed by atoms with E-state index in [4.69, 9.17) is 0 Å². The molecule has 20 heavy (non-hydrogen) atoms. The van der Waals surface area contributed by atoms with Crippen molar-refractivity contribution in [2.75, 3.05) is 23.3 Å². The van der Waals surface area contributed by atoms with E-state index in [-0.39, 0.29) is 0 Å². The molecule has 0 bridgehead atoms. The monoisotopic (exact) mass is 275 g/mol. The van der Waals surface area contributed by atoms with E-state index in [1.807, 2.05) is 12.4 Å². The van der Waals surface area contributed by atoms with E-state index in [0.717, 1.165) is 24.7 Å². The van der Waals surface area contributed by atoms with Crippen LogP contribution in [-0.4, -0.2) is 24.1 Å². The van der Waals surface area contributed by atoms with Crippen molar-refractivity contribution in [3.63, 3.8) is 0 Å². The van der Waals surface area contributed by atoms with Crippen molar-refractivity contribution in [3.05, 3.63) is 18.5 Å². The number of pyridine rings is 1. The Hall–Kier alpha value is -1.25. The van der Waals surface area contributed by atoms with Gasteiger partial charge in [0.05, 0.1) is 23.8 Å². The minimum absolute atomic E-state index is 0.715. The van der Waals surface area contributed by atoms with Crippen molar-refractivity contribution in [1.82, 2.24) is 4.98 Å². The normalized spacial score (nSPS) is 15.8. The molecule has 0 aliphatic heterocycles. The van der Waals surface area contributed by atoms with Gasteiger partial charge in [-0.25, -0.2) is 0 Å². The highest BCUT2D eigenvalue weighted by molar-refractivity contribution is 5.56. The summed E-state index contributed by atoms with van der Waals surface area (Å²) in [6, 6.07) is 2.97. The average Bonchev–Trinajstić information content (AvgIpc) is 2.93. The molecule has 1 aliphatic rings. The molecule has 0 spiro atoms. The Bertz CT molecular complexity index is 397. The van der Waals surface area contributed by atoms with Crippen molar-refractivity contribution in [3.8, 4) is 0 Å². The summed E-state index contributed by atoms with van der Waals surface area (Å²) in [7, 11) is 0. The Morgan fingerprint density at radius 3 is 2.70 bits per heavy atom. The predicted octanol–water partition coefficient (Wildman–Crippen LogP) is 4.31. The van der Waals surface area contributed by atoms with Gasteiger partial charge in [-0.05, 0) is 38.2 Å². The van der Waals surface area contributed by atoms with E-state index < -0.39 is 0 Å². The first-order valence-electron chi connectivity index (χ1n) is 8.16. The van der Waals surface area contributed by atoms with Gasteiger partial charge in [0.2, 0.25) is 0 Å². The molecular weight excluding hydrogens is 246 g/mol. The number of anilines is 2. The van der Waals surface area contributed by atoms with Gasteiger partial charge in [-0.15, -0.1) is 0 Å². The summed E-state index contributed by atoms with van der Waals surface area (Å²) < 4.78 is 0. The number of nitrogens with one attached hydrogen (secondary N) is 1. The summed E-state index contributed by atoms with van der Waals surface area (Å²) in [6.07, 6.45) is 10.6. The molecular formula is C17H29N3. The van der Waals surface area contributed by atoms with E-state index in [1.54, 1.807) is 0 Å². The molecule has 2 rings (SSSR count). The van der Waals surface area contributed by atoms with Gasteiger partial charge >= 0.3 is 0 Å². The summed E-state index contributed by atoms with van der Waals surface area (Å²) in [5.74, 6) is 0.754. The Kier molecular flexibility index (Phi) is 5.69. The zero-order valence-electron chi connectivity index (χ0n) is 13.2. The van der Waals surface area contributed by atoms with Crippen LogP contribution in [0.2, 0.25) is 0 Å². The third kappa shape index (κ3) is 4.12. The first-order valence-corrected chi connectivity index (χ1v) is 8.16. The molecule has 1 saturated carbocycles. The van der Waals surface area contributed by atoms with Crippen molar-refractivity contribution >= 4 is 11.4 Å². The van der Waals surface area contributed by atoms with Crippen molar-refractivity contribution in [1.29, 1.82) is 0 Å². The third-order valence-corrected chi connectivity index (χ3v) is 4.15. The van der Waals surface area contributed by atoms with Crippen LogP contribution in [0.3, 0.4) is 0 Å². The molecule has 0 radical (unpaired) electrons. The SMILES string of the molecule is CCNc1cncc(N(CCC(C)C)C2CCCC2)c1. The van der Waals surface area contributed by atoms with Gasteiger partial charge < -0.3 is 10.2 Å². The molecule has 1 N–H and O–H groups in total. The van der Waals surface area contributed by atoms with E-state index in [1.165, 1.54) is 37.8 Å². The van der Waals surface area contributed by atoms with Crippen LogP contribution in [0.4, 0.5) is 11.4 Å². The Morgan fingerprint density at radius 1 is 1.30 bits per heavy atom. The molecule has 1 aromatic heterocycles. The smallest absolute Gasteiger partial charge is 0.0575 e. The molecule has 3 heteroatoms. The van der Waals surface area contributed by atoms with Gasteiger partial charge in [-0.3, -0.25) is 4.98 Å². The Balaban J connectivity index is 2.13. The van der Waals surface area contributed by atoms with Gasteiger partial charge in [0.1, 0.15) is 0 Å². The predicted molar refractivity (Wildman–Crippen MR) is 87.5 cm³/mol. The molecule has 0 aromatic carbocycles. The van der Waals surface area contributed by atoms with E-state index in [2.05, 4.69) is 42.0 Å². The first-order chi connectivity index (χ1) is 9.70. The summed E-state index contributed by atoms with van der Waals surface area (Å²) in [5, 5.41) is 3.37. The van der Waals surface area contributed by atoms with E-state index >= 15 is 0 Å². The second kappa shape index (κ2) is 7.51. The fourth-order valence-electron chi connectivity index (χ4n) is 3.02. The zero-order valence-corrected chi connectivity index (χ0v) is 13.2. The van der Waals surface area contributed by atoms with Crippen LogP contribution in [0.25, 0.3) is 0 Å². The number of nitrogens with zero attached hydrogens (tertiary/aromatic N) is 2. The number of aromatic nitrogens is 1. The molecule has 3 nitrogen and oxygen atoms in total. The van der Waals surface area contributed by atoms with Crippen LogP contribution < -0.4 is 10.2 Å². The highest BCUT2D eigenvalue weighted by Crippen LogP contribution is 2.29. The van der Waals surface area contributed by atoms with Gasteiger partial charge in [0.15, 0.2) is 0 Å². The van der Waals surface area contributed by atoms with Crippen LogP contribution in [0.5, 0.6) is 0 Å². The molecule has 0 atom stereocenters. The van der Waals surface area contributed by atoms with Crippen LogP contribution in [0, 0.1) is 5.92 Å². The fraction of sp³-hybridized carbons (Fsp3) is 0.706. The number of hydrogen-bond donors (Lipinski definition) is 1. The number of hydrogen-bond acceptors (Lipinski definition) is 3. The van der Waals surface area contributed by atoms with Crippen LogP contribution >= 0.6 is 0 Å². The van der Waals surface area contributed by atoms with Gasteiger partial charge in [0.25, 0.3) is 0 Å². The molecule has 112 valence electrons. The Morgan fingerprint density at radius 2 is 2.05 bits per heavy atom. The molecule has 0 amide bonds. The van der Waals surface area contributed by atoms with Gasteiger partial charge in [0, 0.05) is 19.1 Å². The van der Waals surface area contributed by atoms with Gasteiger partial charge in [-0.2, -0.15) is 0 Å². The molecule has 0 saturated heterocycles. The fourth-order valence-corrected chi connectivity index (χ4v) is 3.02.